The number of benzene rings is 2. The molecule has 0 radical (unpaired) electrons. The van der Waals surface area contributed by atoms with Gasteiger partial charge in [0.2, 0.25) is 0 Å². The predicted molar refractivity (Wildman–Crippen MR) is 139 cm³/mol. The third-order valence-electron chi connectivity index (χ3n) is 5.76. The summed E-state index contributed by atoms with van der Waals surface area (Å²) in [4.78, 5) is 42.8. The van der Waals surface area contributed by atoms with Gasteiger partial charge in [-0.25, -0.2) is 14.4 Å². The van der Waals surface area contributed by atoms with Gasteiger partial charge in [-0.2, -0.15) is 0 Å². The van der Waals surface area contributed by atoms with Crippen LogP contribution in [0.5, 0.6) is 11.5 Å². The third-order valence-corrected chi connectivity index (χ3v) is 5.76. The van der Waals surface area contributed by atoms with Crippen LogP contribution in [0.15, 0.2) is 57.8 Å². The fourth-order valence-corrected chi connectivity index (χ4v) is 3.79. The minimum absolute atomic E-state index is 0.0796. The quantitative estimate of drug-likeness (QED) is 0.215. The topological polar surface area (TPSA) is 201 Å². The molecule has 2 aromatic carbocycles. The minimum Gasteiger partial charge on any atom is -0.508 e. The number of oxazole rings is 1. The number of carbonyl (C=O) groups excluding carboxylic acids is 1. The molecule has 1 aliphatic heterocycles. The first-order valence-electron chi connectivity index (χ1n) is 11.8. The molecule has 0 aliphatic carbocycles. The zero-order valence-electron chi connectivity index (χ0n) is 21.2. The summed E-state index contributed by atoms with van der Waals surface area (Å²) in [6.07, 6.45) is 0.742. The van der Waals surface area contributed by atoms with Gasteiger partial charge in [-0.15, -0.1) is 0 Å². The number of aliphatic hydroxyl groups is 1. The first-order chi connectivity index (χ1) is 18.4. The molecule has 13 heteroatoms. The summed E-state index contributed by atoms with van der Waals surface area (Å²) in [6, 6.07) is 10.1. The van der Waals surface area contributed by atoms with Crippen LogP contribution in [0.1, 0.15) is 31.9 Å². The Morgan fingerprint density at radius 2 is 1.82 bits per heavy atom. The van der Waals surface area contributed by atoms with Crippen LogP contribution < -0.4 is 21.1 Å². The van der Waals surface area contributed by atoms with E-state index < -0.39 is 29.3 Å². The molecule has 2 heterocycles. The number of para-hydroxylation sites is 2. The Morgan fingerprint density at radius 3 is 2.49 bits per heavy atom. The van der Waals surface area contributed by atoms with Crippen molar-refractivity contribution in [3.8, 4) is 11.5 Å². The molecule has 1 aliphatic rings. The molecule has 3 aromatic rings. The van der Waals surface area contributed by atoms with Crippen LogP contribution in [0.2, 0.25) is 0 Å². The number of amides is 1. The molecule has 13 nitrogen and oxygen atoms in total. The van der Waals surface area contributed by atoms with E-state index in [9.17, 15) is 29.4 Å². The van der Waals surface area contributed by atoms with Gasteiger partial charge in [0.05, 0.1) is 17.3 Å². The molecular weight excluding hydrogens is 514 g/mol. The van der Waals surface area contributed by atoms with Crippen LogP contribution in [0, 0.1) is 0 Å². The molecule has 4 rings (SSSR count). The highest BCUT2D eigenvalue weighted by atomic mass is 16.5. The molecule has 39 heavy (non-hydrogen) atoms. The number of carbonyl (C=O) groups is 3. The number of aryl methyl sites for hydroxylation is 1. The summed E-state index contributed by atoms with van der Waals surface area (Å²) in [7, 11) is 0. The average molecular weight is 544 g/mol. The van der Waals surface area contributed by atoms with Crippen LogP contribution in [0.25, 0.3) is 11.1 Å². The number of phenolic OH excluding ortho intramolecular Hbond substituents is 1. The van der Waals surface area contributed by atoms with Crippen molar-refractivity contribution >= 4 is 34.6 Å². The second kappa shape index (κ2) is 12.3. The second-order valence-corrected chi connectivity index (χ2v) is 9.28. The number of nitrogens with zero attached hydrogens (tertiary/aromatic N) is 1. The first kappa shape index (κ1) is 28.9. The number of rotatable bonds is 9. The number of hydrogen-bond acceptors (Lipinski definition) is 9. The van der Waals surface area contributed by atoms with Gasteiger partial charge in [0.15, 0.2) is 12.2 Å². The van der Waals surface area contributed by atoms with Crippen molar-refractivity contribution in [1.29, 1.82) is 0 Å². The van der Waals surface area contributed by atoms with Crippen LogP contribution in [-0.4, -0.2) is 61.5 Å². The standard InChI is InChI=1S/C22H25N3O6.C4H4O4/c1-22(2,7-8-25-16-5-3-4-6-18(16)31-21(25)29)23-11-17(27)14-9-13(26)10-15-20(14)30-12-19(28)24-15;5-3(6)1-2-4(7)8/h3-6,9-10,17,23,26-27H,7-8,11-12H2,1-2H3,(H,24,28);1-2H,(H,5,6)(H,7,8)/b;2-1-/t17-;/m0./s1. The third kappa shape index (κ3) is 7.93. The van der Waals surface area contributed by atoms with E-state index in [4.69, 9.17) is 19.4 Å². The highest BCUT2D eigenvalue weighted by Crippen LogP contribution is 2.38. The molecule has 6 N–H and O–H groups in total. The molecule has 0 fully saturated rings. The van der Waals surface area contributed by atoms with Crippen molar-refractivity contribution in [2.45, 2.75) is 38.5 Å². The zero-order valence-corrected chi connectivity index (χ0v) is 21.2. The fourth-order valence-electron chi connectivity index (χ4n) is 3.79. The number of carboxylic acids is 2. The number of nitrogens with one attached hydrogen (secondary N) is 2. The van der Waals surface area contributed by atoms with E-state index in [1.807, 2.05) is 32.0 Å². The van der Waals surface area contributed by atoms with Crippen LogP contribution in [-0.2, 0) is 20.9 Å². The molecule has 1 amide bonds. The molecule has 208 valence electrons. The molecule has 1 atom stereocenters. The van der Waals surface area contributed by atoms with Gasteiger partial charge in [0.25, 0.3) is 5.91 Å². The number of aliphatic hydroxyl groups excluding tert-OH is 1. The number of carboxylic acid groups (broad SMARTS) is 2. The number of fused-ring (bicyclic) bond motifs is 2. The summed E-state index contributed by atoms with van der Waals surface area (Å²) >= 11 is 0. The molecule has 1 aromatic heterocycles. The number of aliphatic carboxylic acids is 2. The number of phenols is 1. The number of anilines is 1. The van der Waals surface area contributed by atoms with Crippen LogP contribution in [0.4, 0.5) is 5.69 Å². The Balaban J connectivity index is 0.000000459. The summed E-state index contributed by atoms with van der Waals surface area (Å²) in [5.41, 5.74) is 1.60. The van der Waals surface area contributed by atoms with E-state index >= 15 is 0 Å². The Hall–Kier alpha value is -4.62. The Labute approximate surface area is 221 Å². The summed E-state index contributed by atoms with van der Waals surface area (Å²) in [6.45, 7) is 4.43. The fraction of sp³-hybridized carbons (Fsp3) is 0.308. The molecule has 0 unspecified atom stereocenters. The normalized spacial score (nSPS) is 13.7. The molecule has 0 saturated heterocycles. The van der Waals surface area contributed by atoms with E-state index in [0.717, 1.165) is 5.52 Å². The summed E-state index contributed by atoms with van der Waals surface area (Å²) in [5, 5.41) is 42.2. The Morgan fingerprint density at radius 1 is 1.15 bits per heavy atom. The van der Waals surface area contributed by atoms with Crippen molar-refractivity contribution in [3.63, 3.8) is 0 Å². The van der Waals surface area contributed by atoms with Gasteiger partial charge in [-0.05, 0) is 38.5 Å². The van der Waals surface area contributed by atoms with Gasteiger partial charge < -0.3 is 40.2 Å². The number of β-amino-alcohol motifs (C(OH)–C–C–N with tert-alkyl or cyclic N) is 1. The van der Waals surface area contributed by atoms with E-state index in [-0.39, 0.29) is 24.8 Å². The van der Waals surface area contributed by atoms with Crippen molar-refractivity contribution < 1.29 is 44.0 Å². The first-order valence-corrected chi connectivity index (χ1v) is 11.8. The monoisotopic (exact) mass is 543 g/mol. The van der Waals surface area contributed by atoms with Crippen LogP contribution >= 0.6 is 0 Å². The smallest absolute Gasteiger partial charge is 0.419 e. The maximum absolute atomic E-state index is 12.2. The van der Waals surface area contributed by atoms with E-state index in [1.54, 1.807) is 10.6 Å². The van der Waals surface area contributed by atoms with Gasteiger partial charge in [-0.3, -0.25) is 9.36 Å². The lowest BCUT2D eigenvalue weighted by Gasteiger charge is -2.29. The minimum atomic E-state index is -1.26. The van der Waals surface area contributed by atoms with E-state index in [0.29, 0.717) is 47.7 Å². The number of aromatic nitrogens is 1. The van der Waals surface area contributed by atoms with Gasteiger partial charge >= 0.3 is 17.7 Å². The van der Waals surface area contributed by atoms with Gasteiger partial charge in [0, 0.05) is 42.4 Å². The van der Waals surface area contributed by atoms with E-state index in [1.165, 1.54) is 12.1 Å². The molecule has 0 spiro atoms. The SMILES string of the molecule is CC(C)(CCn1c(=O)oc2ccccc21)NC[C@H](O)c1cc(O)cc2c1OCC(=O)N2.O=C(O)/C=C\C(=O)O. The highest BCUT2D eigenvalue weighted by molar-refractivity contribution is 5.96. The second-order valence-electron chi connectivity index (χ2n) is 9.28. The lowest BCUT2D eigenvalue weighted by atomic mass is 9.99. The van der Waals surface area contributed by atoms with Crippen molar-refractivity contribution in [2.75, 3.05) is 18.5 Å². The van der Waals surface area contributed by atoms with Crippen molar-refractivity contribution in [1.82, 2.24) is 9.88 Å². The average Bonchev–Trinajstić information content (AvgIpc) is 3.19. The largest absolute Gasteiger partial charge is 0.508 e. The molecule has 0 bridgehead atoms. The lowest BCUT2D eigenvalue weighted by molar-refractivity contribution is -0.134. The molecular formula is C26H29N3O10. The number of aromatic hydroxyl groups is 1. The lowest BCUT2D eigenvalue weighted by Crippen LogP contribution is -2.42. The highest BCUT2D eigenvalue weighted by Gasteiger charge is 2.26. The van der Waals surface area contributed by atoms with Gasteiger partial charge in [0.1, 0.15) is 11.5 Å². The number of hydrogen-bond donors (Lipinski definition) is 6. The zero-order chi connectivity index (χ0) is 28.7. The van der Waals surface area contributed by atoms with E-state index in [2.05, 4.69) is 10.6 Å². The Kier molecular flexibility index (Phi) is 9.12. The summed E-state index contributed by atoms with van der Waals surface area (Å²) in [5.74, 6) is -2.97. The van der Waals surface area contributed by atoms with Crippen LogP contribution in [0.3, 0.4) is 0 Å². The predicted octanol–water partition coefficient (Wildman–Crippen LogP) is 1.83. The Bertz CT molecular complexity index is 1440. The van der Waals surface area contributed by atoms with Gasteiger partial charge in [-0.1, -0.05) is 12.1 Å². The maximum Gasteiger partial charge on any atom is 0.419 e. The van der Waals surface area contributed by atoms with Crippen molar-refractivity contribution in [2.24, 2.45) is 0 Å². The maximum atomic E-state index is 12.2. The van der Waals surface area contributed by atoms with Crippen molar-refractivity contribution in [3.05, 3.63) is 64.7 Å². The number of ether oxygens (including phenoxy) is 1. The molecule has 0 saturated carbocycles. The summed E-state index contributed by atoms with van der Waals surface area (Å²) < 4.78 is 12.3.